The summed E-state index contributed by atoms with van der Waals surface area (Å²) in [5.41, 5.74) is 2.59. The van der Waals surface area contributed by atoms with E-state index in [1.807, 2.05) is 25.1 Å². The second-order valence-electron chi connectivity index (χ2n) is 4.95. The van der Waals surface area contributed by atoms with Crippen molar-refractivity contribution in [1.82, 2.24) is 0 Å². The van der Waals surface area contributed by atoms with Crippen molar-refractivity contribution in [2.24, 2.45) is 0 Å². The Hall–Kier alpha value is -2.18. The molecule has 2 N–H and O–H groups in total. The summed E-state index contributed by atoms with van der Waals surface area (Å²) in [6, 6.07) is 9.13. The van der Waals surface area contributed by atoms with Gasteiger partial charge in [0.15, 0.2) is 16.6 Å². The molecule has 0 unspecified atom stereocenters. The standard InChI is InChI=1S/C17H19ClN2O3S/c1-10-5-6-11(18)7-13(10)20-17(24)19-12-8-14(21-2)16(23-4)15(9-12)22-3/h5-9H,1-4H3,(H2,19,20,24). The number of methoxy groups -OCH3 is 3. The number of ether oxygens (including phenoxy) is 3. The van der Waals surface area contributed by atoms with Gasteiger partial charge in [0.05, 0.1) is 21.3 Å². The highest BCUT2D eigenvalue weighted by molar-refractivity contribution is 7.80. The number of hydrogen-bond donors (Lipinski definition) is 2. The number of thiocarbonyl (C=S) groups is 1. The van der Waals surface area contributed by atoms with Crippen LogP contribution in [0.15, 0.2) is 30.3 Å². The molecule has 2 aromatic carbocycles. The van der Waals surface area contributed by atoms with Crippen molar-refractivity contribution in [3.8, 4) is 17.2 Å². The highest BCUT2D eigenvalue weighted by Crippen LogP contribution is 2.39. The van der Waals surface area contributed by atoms with Crippen LogP contribution in [0.2, 0.25) is 5.02 Å². The van der Waals surface area contributed by atoms with Crippen molar-refractivity contribution < 1.29 is 14.2 Å². The molecule has 2 aromatic rings. The smallest absolute Gasteiger partial charge is 0.203 e. The van der Waals surface area contributed by atoms with Gasteiger partial charge in [-0.25, -0.2) is 0 Å². The van der Waals surface area contributed by atoms with E-state index in [0.29, 0.717) is 33.1 Å². The summed E-state index contributed by atoms with van der Waals surface area (Å²) in [4.78, 5) is 0. The van der Waals surface area contributed by atoms with Gasteiger partial charge in [0.2, 0.25) is 5.75 Å². The van der Waals surface area contributed by atoms with Crippen LogP contribution >= 0.6 is 23.8 Å². The highest BCUT2D eigenvalue weighted by Gasteiger charge is 2.14. The Morgan fingerprint density at radius 3 is 2.12 bits per heavy atom. The molecule has 0 amide bonds. The van der Waals surface area contributed by atoms with E-state index in [-0.39, 0.29) is 0 Å². The summed E-state index contributed by atoms with van der Waals surface area (Å²) >= 11 is 11.4. The molecule has 0 saturated carbocycles. The Morgan fingerprint density at radius 1 is 0.958 bits per heavy atom. The average Bonchev–Trinajstić information content (AvgIpc) is 2.57. The van der Waals surface area contributed by atoms with Crippen molar-refractivity contribution in [2.75, 3.05) is 32.0 Å². The Morgan fingerprint density at radius 2 is 1.58 bits per heavy atom. The molecule has 0 aliphatic carbocycles. The van der Waals surface area contributed by atoms with Crippen molar-refractivity contribution in [3.05, 3.63) is 40.9 Å². The van der Waals surface area contributed by atoms with Gasteiger partial charge in [0, 0.05) is 28.5 Å². The van der Waals surface area contributed by atoms with Gasteiger partial charge in [-0.15, -0.1) is 0 Å². The van der Waals surface area contributed by atoms with Crippen molar-refractivity contribution in [3.63, 3.8) is 0 Å². The molecule has 0 fully saturated rings. The predicted molar refractivity (Wildman–Crippen MR) is 102 cm³/mol. The molecule has 0 bridgehead atoms. The second kappa shape index (κ2) is 8.08. The molecule has 24 heavy (non-hydrogen) atoms. The number of rotatable bonds is 5. The zero-order valence-electron chi connectivity index (χ0n) is 13.9. The zero-order valence-corrected chi connectivity index (χ0v) is 15.5. The van der Waals surface area contributed by atoms with Crippen LogP contribution in [0.1, 0.15) is 5.56 Å². The number of halogens is 1. The molecule has 128 valence electrons. The molecule has 0 atom stereocenters. The minimum absolute atomic E-state index is 0.426. The summed E-state index contributed by atoms with van der Waals surface area (Å²) in [5.74, 6) is 1.61. The molecule has 0 radical (unpaired) electrons. The Balaban J connectivity index is 2.21. The van der Waals surface area contributed by atoms with Gasteiger partial charge in [-0.05, 0) is 36.8 Å². The molecular weight excluding hydrogens is 348 g/mol. The maximum atomic E-state index is 6.02. The van der Waals surface area contributed by atoms with Gasteiger partial charge in [0.1, 0.15) is 0 Å². The highest BCUT2D eigenvalue weighted by atomic mass is 35.5. The maximum Gasteiger partial charge on any atom is 0.203 e. The second-order valence-corrected chi connectivity index (χ2v) is 5.80. The maximum absolute atomic E-state index is 6.02. The SMILES string of the molecule is COc1cc(NC(=S)Nc2cc(Cl)ccc2C)cc(OC)c1OC. The summed E-state index contributed by atoms with van der Waals surface area (Å²) in [6.07, 6.45) is 0. The summed E-state index contributed by atoms with van der Waals surface area (Å²) < 4.78 is 16.0. The van der Waals surface area contributed by atoms with Crippen LogP contribution in [-0.2, 0) is 0 Å². The van der Waals surface area contributed by atoms with E-state index in [1.54, 1.807) is 33.5 Å². The number of benzene rings is 2. The molecule has 0 aromatic heterocycles. The van der Waals surface area contributed by atoms with E-state index in [1.165, 1.54) is 0 Å². The van der Waals surface area contributed by atoms with Crippen LogP contribution in [0.25, 0.3) is 0 Å². The first kappa shape index (κ1) is 18.2. The van der Waals surface area contributed by atoms with Gasteiger partial charge in [0.25, 0.3) is 0 Å². The average molecular weight is 367 g/mol. The zero-order chi connectivity index (χ0) is 17.7. The third-order valence-electron chi connectivity index (χ3n) is 3.37. The normalized spacial score (nSPS) is 10.0. The summed E-state index contributed by atoms with van der Waals surface area (Å²) in [5, 5.41) is 7.29. The van der Waals surface area contributed by atoms with Gasteiger partial charge in [-0.1, -0.05) is 17.7 Å². The van der Waals surface area contributed by atoms with Crippen LogP contribution in [0.4, 0.5) is 11.4 Å². The number of anilines is 2. The Bertz CT molecular complexity index is 728. The van der Waals surface area contributed by atoms with Gasteiger partial charge in [-0.3, -0.25) is 0 Å². The van der Waals surface area contributed by atoms with Crippen LogP contribution in [0.5, 0.6) is 17.2 Å². The lowest BCUT2D eigenvalue weighted by molar-refractivity contribution is 0.324. The molecule has 7 heteroatoms. The third-order valence-corrected chi connectivity index (χ3v) is 3.81. The first-order valence-corrected chi connectivity index (χ1v) is 7.91. The fraction of sp³-hybridized carbons (Fsp3) is 0.235. The molecule has 2 rings (SSSR count). The number of nitrogens with one attached hydrogen (secondary N) is 2. The molecular formula is C17H19ClN2O3S. The van der Waals surface area contributed by atoms with Crippen molar-refractivity contribution >= 4 is 40.3 Å². The largest absolute Gasteiger partial charge is 0.493 e. The molecule has 0 saturated heterocycles. The lowest BCUT2D eigenvalue weighted by Gasteiger charge is -2.16. The summed E-state index contributed by atoms with van der Waals surface area (Å²) in [7, 11) is 4.68. The number of hydrogen-bond acceptors (Lipinski definition) is 4. The molecule has 5 nitrogen and oxygen atoms in total. The van der Waals surface area contributed by atoms with E-state index < -0.39 is 0 Å². The first-order valence-electron chi connectivity index (χ1n) is 7.12. The lowest BCUT2D eigenvalue weighted by Crippen LogP contribution is -2.19. The quantitative estimate of drug-likeness (QED) is 0.761. The molecule has 0 aliphatic rings. The van der Waals surface area contributed by atoms with Crippen LogP contribution in [-0.4, -0.2) is 26.4 Å². The Kier molecular flexibility index (Phi) is 6.11. The molecule has 0 aliphatic heterocycles. The van der Waals surface area contributed by atoms with Crippen molar-refractivity contribution in [2.45, 2.75) is 6.92 Å². The van der Waals surface area contributed by atoms with Crippen LogP contribution in [0.3, 0.4) is 0 Å². The topological polar surface area (TPSA) is 51.8 Å². The minimum atomic E-state index is 0.426. The minimum Gasteiger partial charge on any atom is -0.493 e. The van der Waals surface area contributed by atoms with Crippen LogP contribution < -0.4 is 24.8 Å². The summed E-state index contributed by atoms with van der Waals surface area (Å²) in [6.45, 7) is 1.97. The monoisotopic (exact) mass is 366 g/mol. The third kappa shape index (κ3) is 4.21. The fourth-order valence-electron chi connectivity index (χ4n) is 2.17. The van der Waals surface area contributed by atoms with Gasteiger partial charge < -0.3 is 24.8 Å². The molecule has 0 heterocycles. The fourth-order valence-corrected chi connectivity index (χ4v) is 2.57. The van der Waals surface area contributed by atoms with E-state index in [0.717, 1.165) is 11.3 Å². The van der Waals surface area contributed by atoms with Crippen LogP contribution in [0, 0.1) is 6.92 Å². The van der Waals surface area contributed by atoms with Gasteiger partial charge >= 0.3 is 0 Å². The molecule has 0 spiro atoms. The van der Waals surface area contributed by atoms with E-state index in [9.17, 15) is 0 Å². The number of aryl methyl sites for hydroxylation is 1. The lowest BCUT2D eigenvalue weighted by atomic mass is 10.2. The van der Waals surface area contributed by atoms with E-state index >= 15 is 0 Å². The van der Waals surface area contributed by atoms with Gasteiger partial charge in [-0.2, -0.15) is 0 Å². The Labute approximate surface area is 151 Å². The van der Waals surface area contributed by atoms with Crippen molar-refractivity contribution in [1.29, 1.82) is 0 Å². The van der Waals surface area contributed by atoms with E-state index in [4.69, 9.17) is 38.0 Å². The van der Waals surface area contributed by atoms with E-state index in [2.05, 4.69) is 10.6 Å². The predicted octanol–water partition coefficient (Wildman–Crippen LogP) is 4.48. The first-order chi connectivity index (χ1) is 11.5.